The van der Waals surface area contributed by atoms with Crippen LogP contribution in [0.5, 0.6) is 0 Å². The average Bonchev–Trinajstić information content (AvgIpc) is 2.59. The molecule has 0 atom stereocenters. The number of hydrogen-bond donors (Lipinski definition) is 1. The molecule has 132 valence electrons. The van der Waals surface area contributed by atoms with Crippen LogP contribution in [0.15, 0.2) is 28.7 Å². The van der Waals surface area contributed by atoms with Crippen LogP contribution in [0.25, 0.3) is 0 Å². The number of rotatable bonds is 7. The van der Waals surface area contributed by atoms with Crippen LogP contribution < -0.4 is 5.32 Å². The van der Waals surface area contributed by atoms with E-state index in [1.165, 1.54) is 0 Å². The van der Waals surface area contributed by atoms with E-state index in [2.05, 4.69) is 40.0 Å². The fourth-order valence-corrected chi connectivity index (χ4v) is 2.96. The molecule has 0 saturated carbocycles. The highest BCUT2D eigenvalue weighted by molar-refractivity contribution is 9.10. The number of morpholine rings is 1. The van der Waals surface area contributed by atoms with Crippen molar-refractivity contribution in [3.8, 4) is 0 Å². The fraction of sp³-hybridized carbons (Fsp3) is 0.556. The molecule has 1 N–H and O–H groups in total. The summed E-state index contributed by atoms with van der Waals surface area (Å²) in [5, 5.41) is 2.96. The minimum atomic E-state index is -0.116. The fourth-order valence-electron chi connectivity index (χ4n) is 2.69. The number of carbonyl (C=O) groups excluding carboxylic acids is 2. The molecule has 0 aliphatic carbocycles. The summed E-state index contributed by atoms with van der Waals surface area (Å²) in [6.45, 7) is 8.03. The number of carbonyl (C=O) groups is 2. The topological polar surface area (TPSA) is 58.6 Å². The van der Waals surface area contributed by atoms with Gasteiger partial charge in [0.25, 0.3) is 0 Å². The number of ether oxygens (including phenoxy) is 1. The standard InChI is InChI=1S/C18H25BrN2O3/c1-18(2,21-9-11-24-12-10-21)13-20-17(23)8-7-16(22)14-3-5-15(19)6-4-14/h3-6H,7-13H2,1-2H3,(H,20,23). The van der Waals surface area contributed by atoms with Crippen LogP contribution in [-0.4, -0.2) is 55.0 Å². The third-order valence-corrected chi connectivity index (χ3v) is 4.86. The Morgan fingerprint density at radius 1 is 1.17 bits per heavy atom. The number of benzene rings is 1. The molecular weight excluding hydrogens is 372 g/mol. The number of halogens is 1. The first-order valence-electron chi connectivity index (χ1n) is 8.27. The highest BCUT2D eigenvalue weighted by Gasteiger charge is 2.28. The lowest BCUT2D eigenvalue weighted by Crippen LogP contribution is -2.55. The minimum absolute atomic E-state index is 0.00918. The van der Waals surface area contributed by atoms with Crippen molar-refractivity contribution >= 4 is 27.6 Å². The molecule has 6 heteroatoms. The van der Waals surface area contributed by atoms with Crippen molar-refractivity contribution in [1.29, 1.82) is 0 Å². The first-order valence-corrected chi connectivity index (χ1v) is 9.06. The lowest BCUT2D eigenvalue weighted by atomic mass is 10.0. The van der Waals surface area contributed by atoms with E-state index in [0.717, 1.165) is 30.8 Å². The highest BCUT2D eigenvalue weighted by atomic mass is 79.9. The Balaban J connectivity index is 1.74. The van der Waals surface area contributed by atoms with E-state index < -0.39 is 0 Å². The van der Waals surface area contributed by atoms with Crippen molar-refractivity contribution < 1.29 is 14.3 Å². The molecule has 0 aromatic heterocycles. The van der Waals surface area contributed by atoms with Gasteiger partial charge in [-0.1, -0.05) is 28.1 Å². The van der Waals surface area contributed by atoms with Gasteiger partial charge in [0.1, 0.15) is 0 Å². The van der Waals surface area contributed by atoms with Gasteiger partial charge in [0.2, 0.25) is 5.91 Å². The molecule has 24 heavy (non-hydrogen) atoms. The molecule has 1 saturated heterocycles. The summed E-state index contributed by atoms with van der Waals surface area (Å²) in [6.07, 6.45) is 0.444. The van der Waals surface area contributed by atoms with E-state index in [1.54, 1.807) is 12.1 Å². The lowest BCUT2D eigenvalue weighted by molar-refractivity contribution is -0.121. The van der Waals surface area contributed by atoms with Crippen LogP contribution >= 0.6 is 15.9 Å². The second-order valence-corrected chi connectivity index (χ2v) is 7.53. The first-order chi connectivity index (χ1) is 11.4. The quantitative estimate of drug-likeness (QED) is 0.719. The summed E-state index contributed by atoms with van der Waals surface area (Å²) < 4.78 is 6.30. The molecule has 1 aromatic carbocycles. The number of Topliss-reactive ketones (excluding diaryl/α,β-unsaturated/α-hetero) is 1. The maximum atomic E-state index is 12.1. The maximum absolute atomic E-state index is 12.1. The molecule has 0 radical (unpaired) electrons. The van der Waals surface area contributed by atoms with Crippen LogP contribution in [0.1, 0.15) is 37.0 Å². The van der Waals surface area contributed by atoms with E-state index in [4.69, 9.17) is 4.74 Å². The Morgan fingerprint density at radius 3 is 2.42 bits per heavy atom. The number of nitrogens with one attached hydrogen (secondary N) is 1. The van der Waals surface area contributed by atoms with Gasteiger partial charge < -0.3 is 10.1 Å². The Morgan fingerprint density at radius 2 is 1.79 bits per heavy atom. The third-order valence-electron chi connectivity index (χ3n) is 4.33. The molecule has 2 rings (SSSR count). The molecule has 0 unspecified atom stereocenters. The SMILES string of the molecule is CC(C)(CNC(=O)CCC(=O)c1ccc(Br)cc1)N1CCOCC1. The lowest BCUT2D eigenvalue weighted by Gasteiger charge is -2.40. The molecule has 5 nitrogen and oxygen atoms in total. The maximum Gasteiger partial charge on any atom is 0.220 e. The van der Waals surface area contributed by atoms with Gasteiger partial charge in [-0.15, -0.1) is 0 Å². The summed E-state index contributed by atoms with van der Waals surface area (Å²) in [5.74, 6) is -0.0908. The van der Waals surface area contributed by atoms with Crippen LogP contribution in [-0.2, 0) is 9.53 Å². The van der Waals surface area contributed by atoms with Crippen molar-refractivity contribution in [3.05, 3.63) is 34.3 Å². The van der Waals surface area contributed by atoms with Crippen molar-refractivity contribution in [1.82, 2.24) is 10.2 Å². The minimum Gasteiger partial charge on any atom is -0.379 e. The van der Waals surface area contributed by atoms with E-state index in [9.17, 15) is 9.59 Å². The summed E-state index contributed by atoms with van der Waals surface area (Å²) >= 11 is 3.34. The van der Waals surface area contributed by atoms with Crippen LogP contribution in [0.2, 0.25) is 0 Å². The summed E-state index contributed by atoms with van der Waals surface area (Å²) in [6, 6.07) is 7.20. The van der Waals surface area contributed by atoms with Gasteiger partial charge in [0.15, 0.2) is 5.78 Å². The van der Waals surface area contributed by atoms with E-state index >= 15 is 0 Å². The van der Waals surface area contributed by atoms with Crippen molar-refractivity contribution in [2.45, 2.75) is 32.2 Å². The van der Waals surface area contributed by atoms with Crippen molar-refractivity contribution in [2.24, 2.45) is 0 Å². The van der Waals surface area contributed by atoms with Gasteiger partial charge in [-0.25, -0.2) is 0 Å². The number of ketones is 1. The zero-order chi connectivity index (χ0) is 17.6. The largest absolute Gasteiger partial charge is 0.379 e. The average molecular weight is 397 g/mol. The normalized spacial score (nSPS) is 16.0. The summed E-state index contributed by atoms with van der Waals surface area (Å²) in [4.78, 5) is 26.5. The molecule has 1 amide bonds. The van der Waals surface area contributed by atoms with Gasteiger partial charge in [-0.05, 0) is 26.0 Å². The summed E-state index contributed by atoms with van der Waals surface area (Å²) in [7, 11) is 0. The Kier molecular flexibility index (Phi) is 6.95. The van der Waals surface area contributed by atoms with Crippen molar-refractivity contribution in [3.63, 3.8) is 0 Å². The van der Waals surface area contributed by atoms with Gasteiger partial charge in [-0.2, -0.15) is 0 Å². The van der Waals surface area contributed by atoms with E-state index in [0.29, 0.717) is 12.1 Å². The predicted octanol–water partition coefficient (Wildman–Crippen LogP) is 2.64. The Labute approximate surface area is 151 Å². The molecule has 1 aliphatic heterocycles. The first kappa shape index (κ1) is 19.1. The van der Waals surface area contributed by atoms with Gasteiger partial charge in [0.05, 0.1) is 13.2 Å². The third kappa shape index (κ3) is 5.69. The molecule has 0 spiro atoms. The molecular formula is C18H25BrN2O3. The molecule has 1 fully saturated rings. The second kappa shape index (κ2) is 8.74. The summed E-state index contributed by atoms with van der Waals surface area (Å²) in [5.41, 5.74) is 0.523. The monoisotopic (exact) mass is 396 g/mol. The van der Waals surface area contributed by atoms with Crippen molar-refractivity contribution in [2.75, 3.05) is 32.8 Å². The van der Waals surface area contributed by atoms with E-state index in [1.807, 2.05) is 12.1 Å². The zero-order valence-electron chi connectivity index (χ0n) is 14.3. The molecule has 0 bridgehead atoms. The van der Waals surface area contributed by atoms with E-state index in [-0.39, 0.29) is 30.1 Å². The zero-order valence-corrected chi connectivity index (χ0v) is 15.9. The molecule has 1 heterocycles. The van der Waals surface area contributed by atoms with Gasteiger partial charge in [0, 0.05) is 48.1 Å². The highest BCUT2D eigenvalue weighted by Crippen LogP contribution is 2.15. The second-order valence-electron chi connectivity index (χ2n) is 6.62. The Bertz CT molecular complexity index is 566. The Hall–Kier alpha value is -1.24. The van der Waals surface area contributed by atoms with Gasteiger partial charge >= 0.3 is 0 Å². The number of nitrogens with zero attached hydrogens (tertiary/aromatic N) is 1. The molecule has 1 aliphatic rings. The predicted molar refractivity (Wildman–Crippen MR) is 97.2 cm³/mol. The smallest absolute Gasteiger partial charge is 0.220 e. The molecule has 1 aromatic rings. The van der Waals surface area contributed by atoms with Gasteiger partial charge in [-0.3, -0.25) is 14.5 Å². The number of hydrogen-bond acceptors (Lipinski definition) is 4. The van der Waals surface area contributed by atoms with Crippen LogP contribution in [0.3, 0.4) is 0 Å². The van der Waals surface area contributed by atoms with Crippen LogP contribution in [0.4, 0.5) is 0 Å². The number of amides is 1. The van der Waals surface area contributed by atoms with Crippen LogP contribution in [0, 0.1) is 0 Å².